The first kappa shape index (κ1) is 12.9. The van der Waals surface area contributed by atoms with Crippen molar-refractivity contribution in [3.05, 3.63) is 29.6 Å². The largest absolute Gasteiger partial charge is 0.463 e. The first-order valence-corrected chi connectivity index (χ1v) is 6.82. The molecule has 0 fully saturated rings. The number of aromatic nitrogens is 1. The predicted octanol–water partition coefficient (Wildman–Crippen LogP) is 2.04. The third kappa shape index (κ3) is 2.44. The average molecular weight is 268 g/mol. The highest BCUT2D eigenvalue weighted by Crippen LogP contribution is 2.23. The van der Waals surface area contributed by atoms with E-state index in [-0.39, 0.29) is 23.8 Å². The molecule has 2 aliphatic rings. The third-order valence-electron chi connectivity index (χ3n) is 3.61. The maximum atomic E-state index is 12.0. The second-order valence-corrected chi connectivity index (χ2v) is 5.24. The number of ether oxygens (including phenoxy) is 1. The number of hydrogen-bond acceptors (Lipinski definition) is 4. The molecule has 4 nitrogen and oxygen atoms in total. The lowest BCUT2D eigenvalue weighted by Gasteiger charge is -2.18. The number of pyridine rings is 1. The molecule has 3 unspecified atom stereocenters. The zero-order valence-corrected chi connectivity index (χ0v) is 11.6. The lowest BCUT2D eigenvalue weighted by Crippen LogP contribution is -2.21. The van der Waals surface area contributed by atoms with Gasteiger partial charge in [-0.15, -0.1) is 0 Å². The maximum absolute atomic E-state index is 12.0. The van der Waals surface area contributed by atoms with E-state index < -0.39 is 0 Å². The molecule has 0 aromatic carbocycles. The van der Waals surface area contributed by atoms with Crippen LogP contribution in [0.2, 0.25) is 0 Å². The first-order valence-electron chi connectivity index (χ1n) is 6.82. The molecule has 2 heterocycles. The van der Waals surface area contributed by atoms with E-state index in [0.29, 0.717) is 12.3 Å². The van der Waals surface area contributed by atoms with Crippen molar-refractivity contribution in [2.45, 2.75) is 38.8 Å². The Bertz CT molecular complexity index is 639. The molecule has 3 rings (SSSR count). The van der Waals surface area contributed by atoms with Crippen molar-refractivity contribution in [2.24, 2.45) is 10.9 Å². The number of nitrogens with zero attached hydrogens (tertiary/aromatic N) is 2. The van der Waals surface area contributed by atoms with Crippen LogP contribution in [-0.2, 0) is 11.2 Å². The van der Waals surface area contributed by atoms with Gasteiger partial charge in [0.1, 0.15) is 0 Å². The highest BCUT2D eigenvalue weighted by Gasteiger charge is 2.26. The van der Waals surface area contributed by atoms with Crippen molar-refractivity contribution in [3.8, 4) is 11.8 Å². The normalized spacial score (nSPS) is 28.0. The van der Waals surface area contributed by atoms with E-state index in [4.69, 9.17) is 4.74 Å². The molecule has 4 heteroatoms. The summed E-state index contributed by atoms with van der Waals surface area (Å²) in [5, 5.41) is 0. The number of Topliss-reactive ketones (excluding diaryl/α,β-unsaturated/α-hetero) is 1. The number of ketones is 1. The molecule has 1 aromatic rings. The molecule has 0 saturated heterocycles. The summed E-state index contributed by atoms with van der Waals surface area (Å²) in [5.74, 6) is 7.14. The molecule has 1 aromatic heterocycles. The van der Waals surface area contributed by atoms with Crippen LogP contribution >= 0.6 is 0 Å². The van der Waals surface area contributed by atoms with Gasteiger partial charge >= 0.3 is 0 Å². The molecule has 1 aliphatic carbocycles. The minimum Gasteiger partial charge on any atom is -0.463 e. The SMILES string of the molecule is CC1=NC(C)C(C#CC2CC(=O)c3cccnc3C2)O1. The summed E-state index contributed by atoms with van der Waals surface area (Å²) in [7, 11) is 0. The van der Waals surface area contributed by atoms with Crippen LogP contribution in [0.5, 0.6) is 0 Å². The van der Waals surface area contributed by atoms with Gasteiger partial charge in [-0.2, -0.15) is 0 Å². The fraction of sp³-hybridized carbons (Fsp3) is 0.438. The second kappa shape index (κ2) is 5.09. The molecule has 0 amide bonds. The van der Waals surface area contributed by atoms with Gasteiger partial charge in [0.2, 0.25) is 0 Å². The van der Waals surface area contributed by atoms with Crippen molar-refractivity contribution in [2.75, 3.05) is 0 Å². The van der Waals surface area contributed by atoms with E-state index in [1.54, 1.807) is 12.3 Å². The van der Waals surface area contributed by atoms with Crippen LogP contribution < -0.4 is 0 Å². The number of fused-ring (bicyclic) bond motifs is 1. The molecule has 0 saturated carbocycles. The fourth-order valence-electron chi connectivity index (χ4n) is 2.61. The summed E-state index contributed by atoms with van der Waals surface area (Å²) in [6, 6.07) is 3.71. The van der Waals surface area contributed by atoms with Crippen LogP contribution in [0.4, 0.5) is 0 Å². The number of hydrogen-bond donors (Lipinski definition) is 0. The van der Waals surface area contributed by atoms with Crippen LogP contribution in [0.15, 0.2) is 23.3 Å². The molecule has 3 atom stereocenters. The average Bonchev–Trinajstić information content (AvgIpc) is 2.75. The quantitative estimate of drug-likeness (QED) is 0.677. The zero-order valence-electron chi connectivity index (χ0n) is 11.6. The minimum atomic E-state index is -0.185. The van der Waals surface area contributed by atoms with E-state index in [1.165, 1.54) is 0 Å². The molecule has 0 radical (unpaired) electrons. The Morgan fingerprint density at radius 2 is 2.20 bits per heavy atom. The summed E-state index contributed by atoms with van der Waals surface area (Å²) in [5.41, 5.74) is 1.60. The van der Waals surface area contributed by atoms with E-state index in [1.807, 2.05) is 19.9 Å². The smallest absolute Gasteiger partial charge is 0.182 e. The van der Waals surface area contributed by atoms with Crippen LogP contribution in [-0.4, -0.2) is 28.8 Å². The van der Waals surface area contributed by atoms with Gasteiger partial charge in [-0.05, 0) is 19.1 Å². The monoisotopic (exact) mass is 268 g/mol. The number of aliphatic imine (C=N–C) groups is 1. The van der Waals surface area contributed by atoms with E-state index in [2.05, 4.69) is 21.8 Å². The lowest BCUT2D eigenvalue weighted by molar-refractivity contribution is 0.0959. The summed E-state index contributed by atoms with van der Waals surface area (Å²) >= 11 is 0. The van der Waals surface area contributed by atoms with Crippen molar-refractivity contribution in [1.29, 1.82) is 0 Å². The Morgan fingerprint density at radius 1 is 1.35 bits per heavy atom. The molecule has 0 bridgehead atoms. The van der Waals surface area contributed by atoms with E-state index >= 15 is 0 Å². The molecular weight excluding hydrogens is 252 g/mol. The van der Waals surface area contributed by atoms with Gasteiger partial charge < -0.3 is 4.74 Å². The Morgan fingerprint density at radius 3 is 2.95 bits per heavy atom. The maximum Gasteiger partial charge on any atom is 0.182 e. The van der Waals surface area contributed by atoms with Gasteiger partial charge in [-0.1, -0.05) is 11.8 Å². The van der Waals surface area contributed by atoms with Crippen molar-refractivity contribution in [1.82, 2.24) is 4.98 Å². The molecule has 0 N–H and O–H groups in total. The topological polar surface area (TPSA) is 51.5 Å². The van der Waals surface area contributed by atoms with E-state index in [0.717, 1.165) is 17.7 Å². The summed E-state index contributed by atoms with van der Waals surface area (Å²) in [4.78, 5) is 20.6. The molecule has 20 heavy (non-hydrogen) atoms. The van der Waals surface area contributed by atoms with Gasteiger partial charge in [0, 0.05) is 37.4 Å². The predicted molar refractivity (Wildman–Crippen MR) is 75.6 cm³/mol. The van der Waals surface area contributed by atoms with E-state index in [9.17, 15) is 4.79 Å². The third-order valence-corrected chi connectivity index (χ3v) is 3.61. The zero-order chi connectivity index (χ0) is 14.1. The fourth-order valence-corrected chi connectivity index (χ4v) is 2.61. The number of carbonyl (C=O) groups is 1. The summed E-state index contributed by atoms with van der Waals surface area (Å²) < 4.78 is 5.54. The number of rotatable bonds is 0. The summed E-state index contributed by atoms with van der Waals surface area (Å²) in [6.45, 7) is 3.82. The van der Waals surface area contributed by atoms with Gasteiger partial charge in [-0.25, -0.2) is 4.99 Å². The van der Waals surface area contributed by atoms with Gasteiger partial charge in [0.15, 0.2) is 17.8 Å². The highest BCUT2D eigenvalue weighted by molar-refractivity contribution is 5.98. The van der Waals surface area contributed by atoms with Crippen LogP contribution in [0.25, 0.3) is 0 Å². The highest BCUT2D eigenvalue weighted by atomic mass is 16.5. The Kier molecular flexibility index (Phi) is 3.27. The van der Waals surface area contributed by atoms with Gasteiger partial charge in [0.25, 0.3) is 0 Å². The number of carbonyl (C=O) groups excluding carboxylic acids is 1. The Balaban J connectivity index is 1.74. The molecule has 0 spiro atoms. The van der Waals surface area contributed by atoms with Crippen molar-refractivity contribution < 1.29 is 9.53 Å². The second-order valence-electron chi connectivity index (χ2n) is 5.24. The van der Waals surface area contributed by atoms with Crippen LogP contribution in [0, 0.1) is 17.8 Å². The molecular formula is C16H16N2O2. The minimum absolute atomic E-state index is 0.0293. The lowest BCUT2D eigenvalue weighted by atomic mass is 9.86. The standard InChI is InChI=1S/C16H16N2O2/c1-10-16(20-11(2)18-10)6-5-12-8-14-13(15(19)9-12)4-3-7-17-14/h3-4,7,10,12,16H,8-9H2,1-2H3. The van der Waals surface area contributed by atoms with Gasteiger partial charge in [0.05, 0.1) is 11.7 Å². The summed E-state index contributed by atoms with van der Waals surface area (Å²) in [6.07, 6.45) is 2.74. The molecule has 1 aliphatic heterocycles. The molecule has 102 valence electrons. The van der Waals surface area contributed by atoms with Gasteiger partial charge in [-0.3, -0.25) is 9.78 Å². The van der Waals surface area contributed by atoms with Crippen molar-refractivity contribution >= 4 is 11.7 Å². The van der Waals surface area contributed by atoms with Crippen LogP contribution in [0.3, 0.4) is 0 Å². The Labute approximate surface area is 118 Å². The first-order chi connectivity index (χ1) is 9.63. The van der Waals surface area contributed by atoms with Crippen molar-refractivity contribution in [3.63, 3.8) is 0 Å². The Hall–Kier alpha value is -2.15. The van der Waals surface area contributed by atoms with Crippen LogP contribution in [0.1, 0.15) is 36.3 Å².